The highest BCUT2D eigenvalue weighted by Crippen LogP contribution is 2.05. The Hall–Kier alpha value is -1.24. The smallest absolute Gasteiger partial charge is 0.0425 e. The van der Waals surface area contributed by atoms with Crippen molar-refractivity contribution in [2.45, 2.75) is 19.9 Å². The maximum atomic E-state index is 5.67. The summed E-state index contributed by atoms with van der Waals surface area (Å²) in [5.74, 6) is 0. The van der Waals surface area contributed by atoms with Crippen LogP contribution in [0.15, 0.2) is 41.8 Å². The van der Waals surface area contributed by atoms with Gasteiger partial charge in [0.25, 0.3) is 0 Å². The quantitative estimate of drug-likeness (QED) is 0.490. The molecule has 0 heterocycles. The van der Waals surface area contributed by atoms with E-state index in [1.165, 1.54) is 0 Å². The summed E-state index contributed by atoms with van der Waals surface area (Å²) < 4.78 is 0. The third-order valence-corrected chi connectivity index (χ3v) is 1.62. The molecular formula is C10H16N2. The van der Waals surface area contributed by atoms with Crippen LogP contribution in [0.2, 0.25) is 0 Å². The summed E-state index contributed by atoms with van der Waals surface area (Å²) in [4.78, 5) is 0. The van der Waals surface area contributed by atoms with Gasteiger partial charge in [0.05, 0.1) is 0 Å². The Balaban J connectivity index is 4.58. The van der Waals surface area contributed by atoms with E-state index in [1.54, 1.807) is 6.08 Å². The molecule has 0 aromatic rings. The molecule has 0 rings (SSSR count). The summed E-state index contributed by atoms with van der Waals surface area (Å²) >= 11 is 0. The third kappa shape index (κ3) is 3.24. The van der Waals surface area contributed by atoms with Gasteiger partial charge in [-0.25, -0.2) is 0 Å². The second-order valence-corrected chi connectivity index (χ2v) is 2.77. The molecule has 0 fully saturated rings. The Labute approximate surface area is 73.9 Å². The highest BCUT2D eigenvalue weighted by atomic mass is 14.6. The lowest BCUT2D eigenvalue weighted by Crippen LogP contribution is -2.16. The molecule has 0 amide bonds. The number of rotatable bonds is 3. The van der Waals surface area contributed by atoms with E-state index in [1.807, 2.05) is 13.8 Å². The van der Waals surface area contributed by atoms with Crippen molar-refractivity contribution in [3.63, 3.8) is 0 Å². The molecule has 0 aliphatic carbocycles. The lowest BCUT2D eigenvalue weighted by Gasteiger charge is -2.05. The Morgan fingerprint density at radius 3 is 2.42 bits per heavy atom. The maximum Gasteiger partial charge on any atom is 0.0425 e. The third-order valence-electron chi connectivity index (χ3n) is 1.62. The van der Waals surface area contributed by atoms with Gasteiger partial charge in [0, 0.05) is 17.3 Å². The molecule has 1 atom stereocenters. The summed E-state index contributed by atoms with van der Waals surface area (Å²) in [5.41, 5.74) is 16.2. The van der Waals surface area contributed by atoms with Crippen molar-refractivity contribution in [1.82, 2.24) is 0 Å². The number of hydrogen-bond donors (Lipinski definition) is 2. The fourth-order valence-electron chi connectivity index (χ4n) is 0.541. The van der Waals surface area contributed by atoms with Crippen LogP contribution in [0.1, 0.15) is 13.8 Å². The maximum absolute atomic E-state index is 5.67. The fraction of sp³-hybridized carbons (Fsp3) is 0.300. The van der Waals surface area contributed by atoms with Crippen LogP contribution in [0.4, 0.5) is 0 Å². The molecule has 0 saturated heterocycles. The first kappa shape index (κ1) is 10.8. The van der Waals surface area contributed by atoms with Crippen molar-refractivity contribution in [3.8, 4) is 0 Å². The first-order chi connectivity index (χ1) is 5.49. The van der Waals surface area contributed by atoms with Gasteiger partial charge in [0.2, 0.25) is 0 Å². The van der Waals surface area contributed by atoms with Crippen molar-refractivity contribution in [1.29, 1.82) is 0 Å². The van der Waals surface area contributed by atoms with Crippen molar-refractivity contribution in [3.05, 3.63) is 41.8 Å². The molecule has 2 heteroatoms. The van der Waals surface area contributed by atoms with Crippen molar-refractivity contribution < 1.29 is 0 Å². The van der Waals surface area contributed by atoms with Gasteiger partial charge in [-0.3, -0.25) is 0 Å². The van der Waals surface area contributed by atoms with E-state index in [4.69, 9.17) is 11.5 Å². The van der Waals surface area contributed by atoms with Gasteiger partial charge in [-0.1, -0.05) is 13.2 Å². The van der Waals surface area contributed by atoms with Crippen LogP contribution in [0.3, 0.4) is 0 Å². The second kappa shape index (κ2) is 4.60. The normalized spacial score (nSPS) is 13.4. The standard InChI is InChI=1S/C10H16N2/c1-5-7(2)10(12)6-8(3)9(4)11/h6,9H,1,3,11-12H2,2,4H3/b10-6+. The van der Waals surface area contributed by atoms with Crippen LogP contribution in [0.5, 0.6) is 0 Å². The van der Waals surface area contributed by atoms with Gasteiger partial charge in [0.15, 0.2) is 0 Å². The molecule has 0 aromatic heterocycles. The number of hydrogen-bond acceptors (Lipinski definition) is 2. The van der Waals surface area contributed by atoms with Crippen LogP contribution >= 0.6 is 0 Å². The monoisotopic (exact) mass is 164 g/mol. The van der Waals surface area contributed by atoms with Crippen LogP contribution in [-0.2, 0) is 0 Å². The van der Waals surface area contributed by atoms with Gasteiger partial charge in [0.1, 0.15) is 0 Å². The van der Waals surface area contributed by atoms with Crippen LogP contribution in [0.25, 0.3) is 0 Å². The predicted octanol–water partition coefficient (Wildman–Crippen LogP) is 1.46. The van der Waals surface area contributed by atoms with Gasteiger partial charge in [-0.2, -0.15) is 0 Å². The van der Waals surface area contributed by atoms with E-state index < -0.39 is 0 Å². The largest absolute Gasteiger partial charge is 0.398 e. The summed E-state index contributed by atoms with van der Waals surface area (Å²) in [6, 6.07) is -0.0684. The summed E-state index contributed by atoms with van der Waals surface area (Å²) in [7, 11) is 0. The summed E-state index contributed by atoms with van der Waals surface area (Å²) in [6.07, 6.45) is 1.75. The minimum Gasteiger partial charge on any atom is -0.398 e. The van der Waals surface area contributed by atoms with E-state index in [0.29, 0.717) is 5.70 Å². The van der Waals surface area contributed by atoms with Gasteiger partial charge >= 0.3 is 0 Å². The highest BCUT2D eigenvalue weighted by Gasteiger charge is 1.98. The molecule has 4 N–H and O–H groups in total. The molecule has 0 spiro atoms. The second-order valence-electron chi connectivity index (χ2n) is 2.77. The molecule has 0 radical (unpaired) electrons. The molecule has 66 valence electrons. The van der Waals surface area contributed by atoms with Crippen LogP contribution in [-0.4, -0.2) is 6.04 Å². The minimum atomic E-state index is -0.0684. The Morgan fingerprint density at radius 2 is 2.08 bits per heavy atom. The zero-order valence-electron chi connectivity index (χ0n) is 7.72. The SMILES string of the molecule is C=C=C(C)/C(N)=C\C(=C)C(C)N. The van der Waals surface area contributed by atoms with E-state index in [9.17, 15) is 0 Å². The van der Waals surface area contributed by atoms with Gasteiger partial charge in [-0.05, 0) is 25.5 Å². The zero-order valence-corrected chi connectivity index (χ0v) is 7.72. The molecule has 0 aromatic carbocycles. The minimum absolute atomic E-state index is 0.0684. The molecule has 12 heavy (non-hydrogen) atoms. The van der Waals surface area contributed by atoms with Crippen LogP contribution in [0, 0.1) is 0 Å². The molecule has 1 unspecified atom stereocenters. The topological polar surface area (TPSA) is 52.0 Å². The molecule has 0 aliphatic rings. The molecular weight excluding hydrogens is 148 g/mol. The van der Waals surface area contributed by atoms with Crippen molar-refractivity contribution in [2.75, 3.05) is 0 Å². The first-order valence-electron chi connectivity index (χ1n) is 3.77. The van der Waals surface area contributed by atoms with Gasteiger partial charge in [-0.15, -0.1) is 5.73 Å². The molecule has 0 bridgehead atoms. The average Bonchev–Trinajstić information content (AvgIpc) is 2.02. The lowest BCUT2D eigenvalue weighted by atomic mass is 10.1. The van der Waals surface area contributed by atoms with Crippen molar-refractivity contribution >= 4 is 0 Å². The lowest BCUT2D eigenvalue weighted by molar-refractivity contribution is 0.886. The van der Waals surface area contributed by atoms with E-state index in [2.05, 4.69) is 18.9 Å². The Kier molecular flexibility index (Phi) is 4.12. The summed E-state index contributed by atoms with van der Waals surface area (Å²) in [5, 5.41) is 0. The summed E-state index contributed by atoms with van der Waals surface area (Å²) in [6.45, 7) is 11.0. The predicted molar refractivity (Wildman–Crippen MR) is 53.4 cm³/mol. The Morgan fingerprint density at radius 1 is 1.58 bits per heavy atom. The first-order valence-corrected chi connectivity index (χ1v) is 3.77. The van der Waals surface area contributed by atoms with E-state index >= 15 is 0 Å². The van der Waals surface area contributed by atoms with E-state index in [0.717, 1.165) is 11.1 Å². The number of allylic oxidation sites excluding steroid dienone is 1. The fourth-order valence-corrected chi connectivity index (χ4v) is 0.541. The zero-order chi connectivity index (χ0) is 9.72. The molecule has 2 nitrogen and oxygen atoms in total. The average molecular weight is 164 g/mol. The molecule has 0 saturated carbocycles. The number of nitrogens with two attached hydrogens (primary N) is 2. The Bertz CT molecular complexity index is 253. The molecule has 0 aliphatic heterocycles. The van der Waals surface area contributed by atoms with Gasteiger partial charge < -0.3 is 11.5 Å². The van der Waals surface area contributed by atoms with E-state index in [-0.39, 0.29) is 6.04 Å². The van der Waals surface area contributed by atoms with Crippen LogP contribution < -0.4 is 11.5 Å². The van der Waals surface area contributed by atoms with Crippen molar-refractivity contribution in [2.24, 2.45) is 11.5 Å². The highest BCUT2D eigenvalue weighted by molar-refractivity contribution is 5.33.